The minimum absolute atomic E-state index is 0.0223. The highest BCUT2D eigenvalue weighted by Crippen LogP contribution is 2.37. The van der Waals surface area contributed by atoms with Crippen molar-refractivity contribution >= 4 is 46.9 Å². The maximum Gasteiger partial charge on any atom is 0.272 e. The summed E-state index contributed by atoms with van der Waals surface area (Å²) in [4.78, 5) is 41.4. The van der Waals surface area contributed by atoms with E-state index < -0.39 is 17.1 Å². The molecule has 9 heteroatoms. The monoisotopic (exact) mass is 671 g/mol. The Labute approximate surface area is 290 Å². The molecule has 8 nitrogen and oxygen atoms in total. The van der Waals surface area contributed by atoms with Gasteiger partial charge in [0.15, 0.2) is 11.5 Å². The molecular formula is C40H37N3O5S. The number of aryl methyl sites for hydroxylation is 2. The first kappa shape index (κ1) is 34.5. The topological polar surface area (TPSA) is 106 Å². The first-order valence-corrected chi connectivity index (χ1v) is 16.4. The smallest absolute Gasteiger partial charge is 0.272 e. The van der Waals surface area contributed by atoms with Crippen LogP contribution >= 0.6 is 11.8 Å². The molecule has 5 aromatic rings. The van der Waals surface area contributed by atoms with E-state index in [0.29, 0.717) is 28.3 Å². The summed E-state index contributed by atoms with van der Waals surface area (Å²) in [6, 6.07) is 36.6. The molecule has 1 unspecified atom stereocenters. The third kappa shape index (κ3) is 9.18. The van der Waals surface area contributed by atoms with Crippen LogP contribution in [0.1, 0.15) is 37.9 Å². The standard InChI is InChI=1S/C40H37N3O5S/c1-26-18-20-33(27(2)22-26)42-40(46)37(29-12-7-5-8-13-29)49-32-17-11-16-31(25-32)41-39(45)34(43-38(44)30-14-9-6-10-15-30)23-28-19-21-35(47-3)36(24-28)48-4/h5-25,37H,1-4H3,(H,41,45)(H,42,46)(H,43,44)/b34-23+. The minimum atomic E-state index is -0.571. The van der Waals surface area contributed by atoms with E-state index in [4.69, 9.17) is 9.47 Å². The molecule has 3 amide bonds. The zero-order chi connectivity index (χ0) is 34.8. The molecule has 0 fully saturated rings. The fourth-order valence-electron chi connectivity index (χ4n) is 5.09. The lowest BCUT2D eigenvalue weighted by Gasteiger charge is -2.19. The number of carbonyl (C=O) groups excluding carboxylic acids is 3. The highest BCUT2D eigenvalue weighted by molar-refractivity contribution is 8.00. The number of benzene rings is 5. The van der Waals surface area contributed by atoms with Crippen LogP contribution in [-0.4, -0.2) is 31.9 Å². The number of ether oxygens (including phenoxy) is 2. The zero-order valence-electron chi connectivity index (χ0n) is 27.7. The number of thioether (sulfide) groups is 1. The molecule has 3 N–H and O–H groups in total. The Hall–Kier alpha value is -5.80. The fraction of sp³-hybridized carbons (Fsp3) is 0.125. The van der Waals surface area contributed by atoms with Gasteiger partial charge >= 0.3 is 0 Å². The first-order valence-electron chi connectivity index (χ1n) is 15.6. The Kier molecular flexibility index (Phi) is 11.5. The third-order valence-corrected chi connectivity index (χ3v) is 8.82. The summed E-state index contributed by atoms with van der Waals surface area (Å²) in [5, 5.41) is 8.20. The summed E-state index contributed by atoms with van der Waals surface area (Å²) in [6.07, 6.45) is 1.57. The highest BCUT2D eigenvalue weighted by atomic mass is 32.2. The molecule has 0 bridgehead atoms. The largest absolute Gasteiger partial charge is 0.493 e. The molecule has 0 saturated heterocycles. The molecule has 5 rings (SSSR count). The van der Waals surface area contributed by atoms with Gasteiger partial charge in [-0.1, -0.05) is 78.4 Å². The van der Waals surface area contributed by atoms with E-state index in [0.717, 1.165) is 27.3 Å². The summed E-state index contributed by atoms with van der Waals surface area (Å²) >= 11 is 1.37. The molecule has 248 valence electrons. The average molecular weight is 672 g/mol. The van der Waals surface area contributed by atoms with Gasteiger partial charge in [-0.05, 0) is 85.1 Å². The molecule has 49 heavy (non-hydrogen) atoms. The van der Waals surface area contributed by atoms with Crippen molar-refractivity contribution in [3.8, 4) is 11.5 Å². The molecule has 0 radical (unpaired) electrons. The summed E-state index contributed by atoms with van der Waals surface area (Å²) in [7, 11) is 3.06. The molecule has 1 atom stereocenters. The van der Waals surface area contributed by atoms with Gasteiger partial charge in [0.05, 0.1) is 14.2 Å². The minimum Gasteiger partial charge on any atom is -0.493 e. The highest BCUT2D eigenvalue weighted by Gasteiger charge is 2.23. The Bertz CT molecular complexity index is 1980. The van der Waals surface area contributed by atoms with E-state index in [9.17, 15) is 14.4 Å². The van der Waals surface area contributed by atoms with E-state index in [-0.39, 0.29) is 11.6 Å². The Morgan fingerprint density at radius 1 is 0.714 bits per heavy atom. The lowest BCUT2D eigenvalue weighted by atomic mass is 10.1. The number of methoxy groups -OCH3 is 2. The maximum atomic E-state index is 13.8. The van der Waals surface area contributed by atoms with Crippen LogP contribution in [0.15, 0.2) is 132 Å². The summed E-state index contributed by atoms with van der Waals surface area (Å²) in [5.41, 5.74) is 5.21. The number of rotatable bonds is 12. The van der Waals surface area contributed by atoms with Crippen LogP contribution in [0.5, 0.6) is 11.5 Å². The van der Waals surface area contributed by atoms with Crippen LogP contribution in [0.3, 0.4) is 0 Å². The molecule has 0 heterocycles. The van der Waals surface area contributed by atoms with E-state index in [1.165, 1.54) is 26.0 Å². The van der Waals surface area contributed by atoms with Gasteiger partial charge in [0.1, 0.15) is 10.9 Å². The van der Waals surface area contributed by atoms with Gasteiger partial charge in [0, 0.05) is 21.8 Å². The van der Waals surface area contributed by atoms with Gasteiger partial charge < -0.3 is 25.4 Å². The van der Waals surface area contributed by atoms with Gasteiger partial charge in [0.25, 0.3) is 11.8 Å². The molecule has 0 aliphatic carbocycles. The maximum absolute atomic E-state index is 13.8. The molecule has 0 saturated carbocycles. The van der Waals surface area contributed by atoms with Gasteiger partial charge in [0.2, 0.25) is 5.91 Å². The predicted octanol–water partition coefficient (Wildman–Crippen LogP) is 8.20. The van der Waals surface area contributed by atoms with Crippen LogP contribution in [-0.2, 0) is 9.59 Å². The number of anilines is 2. The Morgan fingerprint density at radius 2 is 1.43 bits per heavy atom. The molecule has 0 aliphatic heterocycles. The van der Waals surface area contributed by atoms with Crippen molar-refractivity contribution in [3.63, 3.8) is 0 Å². The Morgan fingerprint density at radius 3 is 2.12 bits per heavy atom. The van der Waals surface area contributed by atoms with Crippen LogP contribution in [0.2, 0.25) is 0 Å². The van der Waals surface area contributed by atoms with Gasteiger partial charge in [-0.2, -0.15) is 0 Å². The molecule has 0 aromatic heterocycles. The van der Waals surface area contributed by atoms with Gasteiger partial charge in [-0.25, -0.2) is 0 Å². The summed E-state index contributed by atoms with van der Waals surface area (Å²) in [5.74, 6) is -0.128. The van der Waals surface area contributed by atoms with Crippen molar-refractivity contribution in [3.05, 3.63) is 155 Å². The quantitative estimate of drug-likeness (QED) is 0.0913. The number of nitrogens with one attached hydrogen (secondary N) is 3. The Balaban J connectivity index is 1.40. The second-order valence-electron chi connectivity index (χ2n) is 11.2. The summed E-state index contributed by atoms with van der Waals surface area (Å²) < 4.78 is 10.8. The lowest BCUT2D eigenvalue weighted by Crippen LogP contribution is -2.30. The van der Waals surface area contributed by atoms with Crippen molar-refractivity contribution in [2.45, 2.75) is 24.0 Å². The van der Waals surface area contributed by atoms with Crippen molar-refractivity contribution in [2.24, 2.45) is 0 Å². The van der Waals surface area contributed by atoms with E-state index in [1.807, 2.05) is 80.6 Å². The number of carbonyl (C=O) groups is 3. The molecule has 0 spiro atoms. The number of hydrogen-bond donors (Lipinski definition) is 3. The van der Waals surface area contributed by atoms with Crippen LogP contribution in [0, 0.1) is 13.8 Å². The zero-order valence-corrected chi connectivity index (χ0v) is 28.5. The van der Waals surface area contributed by atoms with Gasteiger partial charge in [-0.3, -0.25) is 14.4 Å². The predicted molar refractivity (Wildman–Crippen MR) is 196 cm³/mol. The third-order valence-electron chi connectivity index (χ3n) is 7.57. The summed E-state index contributed by atoms with van der Waals surface area (Å²) in [6.45, 7) is 3.98. The molecule has 5 aromatic carbocycles. The van der Waals surface area contributed by atoms with Crippen LogP contribution in [0.25, 0.3) is 6.08 Å². The molecule has 0 aliphatic rings. The number of amides is 3. The van der Waals surface area contributed by atoms with E-state index in [1.54, 1.807) is 60.7 Å². The molecular weight excluding hydrogens is 635 g/mol. The SMILES string of the molecule is COc1ccc(/C=C(/NC(=O)c2ccccc2)C(=O)Nc2cccc(SC(C(=O)Nc3ccc(C)cc3C)c3ccccc3)c2)cc1OC. The fourth-order valence-corrected chi connectivity index (χ4v) is 6.17. The second kappa shape index (κ2) is 16.3. The first-order chi connectivity index (χ1) is 23.7. The van der Waals surface area contributed by atoms with E-state index >= 15 is 0 Å². The van der Waals surface area contributed by atoms with Crippen molar-refractivity contribution in [1.82, 2.24) is 5.32 Å². The number of hydrogen-bond acceptors (Lipinski definition) is 6. The lowest BCUT2D eigenvalue weighted by molar-refractivity contribution is -0.116. The normalized spacial score (nSPS) is 11.6. The van der Waals surface area contributed by atoms with Crippen LogP contribution < -0.4 is 25.4 Å². The van der Waals surface area contributed by atoms with Crippen LogP contribution in [0.4, 0.5) is 11.4 Å². The van der Waals surface area contributed by atoms with Gasteiger partial charge in [-0.15, -0.1) is 11.8 Å². The van der Waals surface area contributed by atoms with Crippen molar-refractivity contribution < 1.29 is 23.9 Å². The second-order valence-corrected chi connectivity index (χ2v) is 12.4. The van der Waals surface area contributed by atoms with Crippen molar-refractivity contribution in [2.75, 3.05) is 24.9 Å². The van der Waals surface area contributed by atoms with Crippen molar-refractivity contribution in [1.29, 1.82) is 0 Å². The van der Waals surface area contributed by atoms with E-state index in [2.05, 4.69) is 16.0 Å². The average Bonchev–Trinajstić information content (AvgIpc) is 3.12.